The predicted octanol–water partition coefficient (Wildman–Crippen LogP) is 1.97. The molecule has 2 heterocycles. The van der Waals surface area contributed by atoms with E-state index in [9.17, 15) is 4.79 Å². The van der Waals surface area contributed by atoms with Crippen molar-refractivity contribution in [2.45, 2.75) is 44.2 Å². The first-order valence-corrected chi connectivity index (χ1v) is 8.72. The number of nitrogens with one attached hydrogen (secondary N) is 1. The molecule has 2 aliphatic rings. The number of amides is 1. The van der Waals surface area contributed by atoms with Gasteiger partial charge in [0.2, 0.25) is 5.91 Å². The Morgan fingerprint density at radius 3 is 3.10 bits per heavy atom. The van der Waals surface area contributed by atoms with Crippen LogP contribution in [0.1, 0.15) is 43.2 Å². The molecule has 1 aromatic rings. The normalized spacial score (nSPS) is 24.3. The van der Waals surface area contributed by atoms with Crippen LogP contribution in [0.5, 0.6) is 0 Å². The molecule has 1 aliphatic carbocycles. The number of carbonyl (C=O) groups excluding carboxylic acids is 1. The highest BCUT2D eigenvalue weighted by Gasteiger charge is 2.24. The summed E-state index contributed by atoms with van der Waals surface area (Å²) in [7, 11) is 0. The monoisotopic (exact) mass is 309 g/mol. The molecule has 21 heavy (non-hydrogen) atoms. The van der Waals surface area contributed by atoms with E-state index in [0.29, 0.717) is 19.1 Å². The fourth-order valence-electron chi connectivity index (χ4n) is 3.08. The van der Waals surface area contributed by atoms with Crippen LogP contribution in [0.4, 0.5) is 0 Å². The van der Waals surface area contributed by atoms with E-state index in [-0.39, 0.29) is 12.0 Å². The van der Waals surface area contributed by atoms with E-state index in [1.165, 1.54) is 12.8 Å². The van der Waals surface area contributed by atoms with Gasteiger partial charge in [0.15, 0.2) is 0 Å². The van der Waals surface area contributed by atoms with Crippen LogP contribution in [0.25, 0.3) is 0 Å². The van der Waals surface area contributed by atoms with Gasteiger partial charge in [-0.15, -0.1) is 11.3 Å². The van der Waals surface area contributed by atoms with Crippen molar-refractivity contribution in [2.75, 3.05) is 26.2 Å². The Kier molecular flexibility index (Phi) is 5.22. The van der Waals surface area contributed by atoms with E-state index in [2.05, 4.69) is 15.2 Å². The fraction of sp³-hybridized carbons (Fsp3) is 0.733. The van der Waals surface area contributed by atoms with E-state index in [0.717, 1.165) is 37.5 Å². The quantitative estimate of drug-likeness (QED) is 0.903. The molecule has 1 N–H and O–H groups in total. The van der Waals surface area contributed by atoms with E-state index >= 15 is 0 Å². The first-order valence-electron chi connectivity index (χ1n) is 7.84. The van der Waals surface area contributed by atoms with E-state index in [1.54, 1.807) is 11.3 Å². The summed E-state index contributed by atoms with van der Waals surface area (Å²) in [5.41, 5.74) is 0. The molecule has 1 amide bonds. The van der Waals surface area contributed by atoms with Gasteiger partial charge < -0.3 is 10.1 Å². The van der Waals surface area contributed by atoms with Crippen molar-refractivity contribution in [3.05, 3.63) is 16.6 Å². The van der Waals surface area contributed by atoms with Crippen LogP contribution in [0.2, 0.25) is 0 Å². The van der Waals surface area contributed by atoms with Crippen molar-refractivity contribution in [2.24, 2.45) is 0 Å². The number of rotatable bonds is 5. The number of aromatic nitrogens is 1. The highest BCUT2D eigenvalue weighted by Crippen LogP contribution is 2.24. The molecule has 1 saturated heterocycles. The molecule has 1 aromatic heterocycles. The Morgan fingerprint density at radius 2 is 2.33 bits per heavy atom. The van der Waals surface area contributed by atoms with Crippen LogP contribution < -0.4 is 5.32 Å². The van der Waals surface area contributed by atoms with Crippen molar-refractivity contribution in [3.63, 3.8) is 0 Å². The van der Waals surface area contributed by atoms with Crippen LogP contribution in [0.3, 0.4) is 0 Å². The van der Waals surface area contributed by atoms with E-state index < -0.39 is 0 Å². The third-order valence-corrected chi connectivity index (χ3v) is 5.12. The van der Waals surface area contributed by atoms with Crippen molar-refractivity contribution in [1.29, 1.82) is 0 Å². The van der Waals surface area contributed by atoms with Crippen molar-refractivity contribution in [3.8, 4) is 0 Å². The maximum atomic E-state index is 12.0. The van der Waals surface area contributed by atoms with Gasteiger partial charge in [-0.25, -0.2) is 4.98 Å². The summed E-state index contributed by atoms with van der Waals surface area (Å²) >= 11 is 1.64. The predicted molar refractivity (Wildman–Crippen MR) is 82.3 cm³/mol. The molecule has 1 atom stereocenters. The van der Waals surface area contributed by atoms with Gasteiger partial charge in [0.05, 0.1) is 6.61 Å². The van der Waals surface area contributed by atoms with Gasteiger partial charge in [0, 0.05) is 43.7 Å². The zero-order valence-electron chi connectivity index (χ0n) is 12.3. The SMILES string of the molecule is O=C(CCN1CCOC(c2nccs2)C1)NC1CCCC1. The molecule has 2 fully saturated rings. The summed E-state index contributed by atoms with van der Waals surface area (Å²) in [6.07, 6.45) is 7.27. The zero-order chi connectivity index (χ0) is 14.5. The number of nitrogens with zero attached hydrogens (tertiary/aromatic N) is 2. The van der Waals surface area contributed by atoms with Crippen molar-refractivity contribution < 1.29 is 9.53 Å². The third kappa shape index (κ3) is 4.25. The Balaban J connectivity index is 1.41. The Labute approximate surface area is 129 Å². The number of hydrogen-bond donors (Lipinski definition) is 1. The number of morpholine rings is 1. The Hall–Kier alpha value is -0.980. The van der Waals surface area contributed by atoms with Gasteiger partial charge in [-0.05, 0) is 12.8 Å². The molecule has 3 rings (SSSR count). The number of ether oxygens (including phenoxy) is 1. The first-order chi connectivity index (χ1) is 10.3. The Morgan fingerprint density at radius 1 is 1.48 bits per heavy atom. The summed E-state index contributed by atoms with van der Waals surface area (Å²) in [5, 5.41) is 6.17. The highest BCUT2D eigenvalue weighted by atomic mass is 32.1. The molecule has 5 nitrogen and oxygen atoms in total. The minimum absolute atomic E-state index is 0.0663. The molecule has 1 saturated carbocycles. The van der Waals surface area contributed by atoms with Gasteiger partial charge in [0.25, 0.3) is 0 Å². The minimum atomic E-state index is 0.0663. The van der Waals surface area contributed by atoms with Gasteiger partial charge in [-0.2, -0.15) is 0 Å². The third-order valence-electron chi connectivity index (χ3n) is 4.25. The molecular weight excluding hydrogens is 286 g/mol. The van der Waals surface area contributed by atoms with Crippen LogP contribution in [-0.2, 0) is 9.53 Å². The van der Waals surface area contributed by atoms with Gasteiger partial charge in [-0.1, -0.05) is 12.8 Å². The number of hydrogen-bond acceptors (Lipinski definition) is 5. The lowest BCUT2D eigenvalue weighted by Gasteiger charge is -2.31. The molecule has 1 unspecified atom stereocenters. The molecule has 0 bridgehead atoms. The minimum Gasteiger partial charge on any atom is -0.368 e. The second-order valence-electron chi connectivity index (χ2n) is 5.83. The van der Waals surface area contributed by atoms with Crippen molar-refractivity contribution >= 4 is 17.2 Å². The van der Waals surface area contributed by atoms with Crippen LogP contribution in [0.15, 0.2) is 11.6 Å². The number of carbonyl (C=O) groups is 1. The lowest BCUT2D eigenvalue weighted by atomic mass is 10.2. The average molecular weight is 309 g/mol. The lowest BCUT2D eigenvalue weighted by molar-refractivity contribution is -0.122. The van der Waals surface area contributed by atoms with Crippen LogP contribution in [0, 0.1) is 0 Å². The lowest BCUT2D eigenvalue weighted by Crippen LogP contribution is -2.41. The average Bonchev–Trinajstić information content (AvgIpc) is 3.19. The fourth-order valence-corrected chi connectivity index (χ4v) is 3.76. The molecule has 0 aromatic carbocycles. The standard InChI is InChI=1S/C15H23N3O2S/c19-14(17-12-3-1-2-4-12)5-7-18-8-9-20-13(11-18)15-16-6-10-21-15/h6,10,12-13H,1-5,7-9,11H2,(H,17,19). The molecule has 116 valence electrons. The summed E-state index contributed by atoms with van der Waals surface area (Å²) in [5.74, 6) is 0.194. The highest BCUT2D eigenvalue weighted by molar-refractivity contribution is 7.09. The first kappa shape index (κ1) is 14.9. The molecule has 0 spiro atoms. The summed E-state index contributed by atoms with van der Waals surface area (Å²) in [6, 6.07) is 0.422. The second kappa shape index (κ2) is 7.33. The summed E-state index contributed by atoms with van der Waals surface area (Å²) in [4.78, 5) is 18.6. The summed E-state index contributed by atoms with van der Waals surface area (Å²) < 4.78 is 5.77. The molecule has 6 heteroatoms. The smallest absolute Gasteiger partial charge is 0.221 e. The second-order valence-corrected chi connectivity index (χ2v) is 6.76. The largest absolute Gasteiger partial charge is 0.368 e. The molecule has 1 aliphatic heterocycles. The van der Waals surface area contributed by atoms with Gasteiger partial charge in [0.1, 0.15) is 11.1 Å². The maximum absolute atomic E-state index is 12.0. The van der Waals surface area contributed by atoms with Crippen molar-refractivity contribution in [1.82, 2.24) is 15.2 Å². The number of thiazole rings is 1. The van der Waals surface area contributed by atoms with Gasteiger partial charge in [-0.3, -0.25) is 9.69 Å². The van der Waals surface area contributed by atoms with Crippen LogP contribution >= 0.6 is 11.3 Å². The maximum Gasteiger partial charge on any atom is 0.221 e. The van der Waals surface area contributed by atoms with Crippen LogP contribution in [-0.4, -0.2) is 48.1 Å². The van der Waals surface area contributed by atoms with E-state index in [1.807, 2.05) is 11.6 Å². The molecule has 0 radical (unpaired) electrons. The van der Waals surface area contributed by atoms with E-state index in [4.69, 9.17) is 4.74 Å². The Bertz CT molecular complexity index is 446. The van der Waals surface area contributed by atoms with Gasteiger partial charge >= 0.3 is 0 Å². The summed E-state index contributed by atoms with van der Waals surface area (Å²) in [6.45, 7) is 3.26. The zero-order valence-corrected chi connectivity index (χ0v) is 13.1. The topological polar surface area (TPSA) is 54.5 Å². The molecular formula is C15H23N3O2S.